The van der Waals surface area contributed by atoms with Crippen molar-refractivity contribution in [3.05, 3.63) is 30.2 Å². The molecule has 0 aliphatic rings. The summed E-state index contributed by atoms with van der Waals surface area (Å²) >= 11 is 0. The number of hydrogen-bond donors (Lipinski definition) is 2. The molecule has 0 saturated carbocycles. The van der Waals surface area contributed by atoms with Gasteiger partial charge in [0.05, 0.1) is 12.2 Å². The molecule has 0 aliphatic carbocycles. The van der Waals surface area contributed by atoms with Crippen LogP contribution in [0.25, 0.3) is 0 Å². The zero-order valence-electron chi connectivity index (χ0n) is 14.4. The number of rotatable bonds is 8. The number of nitrogens with one attached hydrogen (secondary N) is 2. The van der Waals surface area contributed by atoms with Gasteiger partial charge in [-0.15, -0.1) is 34.2 Å². The van der Waals surface area contributed by atoms with Crippen LogP contribution >= 0.6 is 24.0 Å². The van der Waals surface area contributed by atoms with E-state index in [1.54, 1.807) is 19.7 Å². The minimum atomic E-state index is 0. The van der Waals surface area contributed by atoms with Gasteiger partial charge >= 0.3 is 0 Å². The topological polar surface area (TPSA) is 93.2 Å². The molecule has 134 valence electrons. The van der Waals surface area contributed by atoms with Crippen LogP contribution in [-0.4, -0.2) is 39.5 Å². The first-order valence-corrected chi connectivity index (χ1v) is 7.91. The number of hydrogen-bond acceptors (Lipinski definition) is 5. The maximum absolute atomic E-state index is 5.30. The molecule has 24 heavy (non-hydrogen) atoms. The molecule has 2 N–H and O–H groups in total. The van der Waals surface area contributed by atoms with Crippen LogP contribution in [0.5, 0.6) is 0 Å². The SMILES string of the molecule is CN=C(NCCCCn1cnnc1)NCc1cc(C(C)C)no1.I. The molecule has 0 spiro atoms. The summed E-state index contributed by atoms with van der Waals surface area (Å²) in [6.07, 6.45) is 5.56. The van der Waals surface area contributed by atoms with Crippen LogP contribution in [-0.2, 0) is 13.1 Å². The second kappa shape index (κ2) is 11.0. The zero-order chi connectivity index (χ0) is 16.5. The standard InChI is InChI=1S/C15H25N7O.HI/c1-12(2)14-8-13(23-21-14)9-18-15(16-3)17-6-4-5-7-22-10-19-20-11-22;/h8,10-12H,4-7,9H2,1-3H3,(H2,16,17,18);1H. The smallest absolute Gasteiger partial charge is 0.191 e. The quantitative estimate of drug-likeness (QED) is 0.279. The number of aryl methyl sites for hydroxylation is 1. The molecule has 2 aromatic rings. The van der Waals surface area contributed by atoms with E-state index in [9.17, 15) is 0 Å². The average Bonchev–Trinajstić information content (AvgIpc) is 3.21. The Bertz CT molecular complexity index is 595. The van der Waals surface area contributed by atoms with Gasteiger partial charge in [0, 0.05) is 26.2 Å². The van der Waals surface area contributed by atoms with Gasteiger partial charge in [-0.05, 0) is 18.8 Å². The number of unbranched alkanes of at least 4 members (excludes halogenated alkanes) is 1. The molecular weight excluding hydrogens is 421 g/mol. The maximum Gasteiger partial charge on any atom is 0.191 e. The lowest BCUT2D eigenvalue weighted by atomic mass is 10.1. The van der Waals surface area contributed by atoms with Crippen molar-refractivity contribution in [2.45, 2.75) is 45.7 Å². The van der Waals surface area contributed by atoms with Crippen LogP contribution in [0.4, 0.5) is 0 Å². The van der Waals surface area contributed by atoms with E-state index in [4.69, 9.17) is 4.52 Å². The minimum absolute atomic E-state index is 0. The van der Waals surface area contributed by atoms with Gasteiger partial charge in [0.2, 0.25) is 0 Å². The van der Waals surface area contributed by atoms with Crippen LogP contribution in [0.2, 0.25) is 0 Å². The predicted molar refractivity (Wildman–Crippen MR) is 103 cm³/mol. The largest absolute Gasteiger partial charge is 0.359 e. The predicted octanol–water partition coefficient (Wildman–Crippen LogP) is 2.15. The van der Waals surface area contributed by atoms with Crippen molar-refractivity contribution >= 4 is 29.9 Å². The Morgan fingerprint density at radius 2 is 2.00 bits per heavy atom. The Hall–Kier alpha value is -1.65. The average molecular weight is 447 g/mol. The van der Waals surface area contributed by atoms with E-state index in [0.29, 0.717) is 12.5 Å². The number of halogens is 1. The van der Waals surface area contributed by atoms with E-state index in [0.717, 1.165) is 43.3 Å². The van der Waals surface area contributed by atoms with Crippen molar-refractivity contribution in [3.8, 4) is 0 Å². The lowest BCUT2D eigenvalue weighted by Gasteiger charge is -2.10. The fourth-order valence-electron chi connectivity index (χ4n) is 2.04. The Balaban J connectivity index is 0.00000288. The zero-order valence-corrected chi connectivity index (χ0v) is 16.7. The Labute approximate surface area is 159 Å². The van der Waals surface area contributed by atoms with Gasteiger partial charge in [0.25, 0.3) is 0 Å². The molecule has 9 heteroatoms. The van der Waals surface area contributed by atoms with E-state index in [2.05, 4.69) is 44.8 Å². The van der Waals surface area contributed by atoms with E-state index >= 15 is 0 Å². The van der Waals surface area contributed by atoms with E-state index in [1.807, 2.05) is 10.6 Å². The summed E-state index contributed by atoms with van der Waals surface area (Å²) in [5.41, 5.74) is 0.971. The maximum atomic E-state index is 5.30. The summed E-state index contributed by atoms with van der Waals surface area (Å²) in [6.45, 7) is 6.54. The van der Waals surface area contributed by atoms with Crippen LogP contribution in [0.1, 0.15) is 44.1 Å². The lowest BCUT2D eigenvalue weighted by Crippen LogP contribution is -2.37. The van der Waals surface area contributed by atoms with Crippen molar-refractivity contribution in [1.29, 1.82) is 0 Å². The van der Waals surface area contributed by atoms with Gasteiger partial charge < -0.3 is 19.7 Å². The molecular formula is C15H26IN7O. The Morgan fingerprint density at radius 1 is 1.25 bits per heavy atom. The third-order valence-electron chi connectivity index (χ3n) is 3.42. The summed E-state index contributed by atoms with van der Waals surface area (Å²) < 4.78 is 7.27. The molecule has 0 aliphatic heterocycles. The molecule has 0 amide bonds. The van der Waals surface area contributed by atoms with Crippen LogP contribution in [0.3, 0.4) is 0 Å². The van der Waals surface area contributed by atoms with E-state index in [1.165, 1.54) is 0 Å². The van der Waals surface area contributed by atoms with Gasteiger partial charge in [-0.1, -0.05) is 19.0 Å². The van der Waals surface area contributed by atoms with Crippen molar-refractivity contribution in [3.63, 3.8) is 0 Å². The van der Waals surface area contributed by atoms with Gasteiger partial charge in [0.15, 0.2) is 11.7 Å². The monoisotopic (exact) mass is 447 g/mol. The highest BCUT2D eigenvalue weighted by molar-refractivity contribution is 14.0. The first-order chi connectivity index (χ1) is 11.2. The van der Waals surface area contributed by atoms with Crippen LogP contribution < -0.4 is 10.6 Å². The third kappa shape index (κ3) is 6.85. The van der Waals surface area contributed by atoms with Gasteiger partial charge in [-0.2, -0.15) is 0 Å². The van der Waals surface area contributed by atoms with Crippen molar-refractivity contribution < 1.29 is 4.52 Å². The summed E-state index contributed by atoms with van der Waals surface area (Å²) in [6, 6.07) is 1.98. The Morgan fingerprint density at radius 3 is 2.62 bits per heavy atom. The molecule has 0 aromatic carbocycles. The number of aliphatic imine (C=N–C) groups is 1. The minimum Gasteiger partial charge on any atom is -0.359 e. The summed E-state index contributed by atoms with van der Waals surface area (Å²) in [5.74, 6) is 1.94. The first kappa shape index (κ1) is 20.4. The Kier molecular flexibility index (Phi) is 9.35. The normalized spacial score (nSPS) is 11.4. The molecule has 2 aromatic heterocycles. The molecule has 0 unspecified atom stereocenters. The number of aromatic nitrogens is 4. The van der Waals surface area contributed by atoms with Gasteiger partial charge in [-0.25, -0.2) is 0 Å². The highest BCUT2D eigenvalue weighted by Gasteiger charge is 2.07. The highest BCUT2D eigenvalue weighted by Crippen LogP contribution is 2.13. The van der Waals surface area contributed by atoms with Gasteiger partial charge in [-0.3, -0.25) is 4.99 Å². The third-order valence-corrected chi connectivity index (χ3v) is 3.42. The molecule has 2 rings (SSSR count). The van der Waals surface area contributed by atoms with Crippen molar-refractivity contribution in [2.24, 2.45) is 4.99 Å². The molecule has 2 heterocycles. The molecule has 0 atom stereocenters. The first-order valence-electron chi connectivity index (χ1n) is 7.91. The fourth-order valence-corrected chi connectivity index (χ4v) is 2.04. The summed E-state index contributed by atoms with van der Waals surface area (Å²) in [7, 11) is 1.76. The van der Waals surface area contributed by atoms with Crippen LogP contribution in [0.15, 0.2) is 28.2 Å². The van der Waals surface area contributed by atoms with Crippen molar-refractivity contribution in [1.82, 2.24) is 30.6 Å². The second-order valence-electron chi connectivity index (χ2n) is 5.63. The van der Waals surface area contributed by atoms with E-state index in [-0.39, 0.29) is 24.0 Å². The molecule has 8 nitrogen and oxygen atoms in total. The van der Waals surface area contributed by atoms with Gasteiger partial charge in [0.1, 0.15) is 12.7 Å². The summed E-state index contributed by atoms with van der Waals surface area (Å²) in [4.78, 5) is 4.20. The summed E-state index contributed by atoms with van der Waals surface area (Å²) in [5, 5.41) is 18.1. The van der Waals surface area contributed by atoms with Crippen molar-refractivity contribution in [2.75, 3.05) is 13.6 Å². The lowest BCUT2D eigenvalue weighted by molar-refractivity contribution is 0.372. The van der Waals surface area contributed by atoms with Crippen LogP contribution in [0, 0.1) is 0 Å². The second-order valence-corrected chi connectivity index (χ2v) is 5.63. The molecule has 0 saturated heterocycles. The van der Waals surface area contributed by atoms with E-state index < -0.39 is 0 Å². The number of guanidine groups is 1. The fraction of sp³-hybridized carbons (Fsp3) is 0.600. The molecule has 0 bridgehead atoms. The highest BCUT2D eigenvalue weighted by atomic mass is 127. The number of nitrogens with zero attached hydrogens (tertiary/aromatic N) is 5. The molecule has 0 radical (unpaired) electrons. The molecule has 0 fully saturated rings.